The van der Waals surface area contributed by atoms with Gasteiger partial charge in [-0.15, -0.1) is 0 Å². The molecular formula is C18H14FN. The molecule has 98 valence electrons. The molecule has 0 bridgehead atoms. The zero-order valence-corrected chi connectivity index (χ0v) is 11.2. The Hall–Kier alpha value is -2.48. The predicted molar refractivity (Wildman–Crippen MR) is 82.0 cm³/mol. The minimum Gasteiger partial charge on any atom is -0.256 e. The molecule has 0 radical (unpaired) electrons. The lowest BCUT2D eigenvalue weighted by Gasteiger charge is -2.09. The Labute approximate surface area is 117 Å². The molecule has 0 amide bonds. The second kappa shape index (κ2) is 4.89. The van der Waals surface area contributed by atoms with Crippen LogP contribution in [-0.2, 0) is 0 Å². The van der Waals surface area contributed by atoms with Gasteiger partial charge in [0, 0.05) is 17.1 Å². The zero-order chi connectivity index (χ0) is 14.1. The molecule has 1 aromatic heterocycles. The van der Waals surface area contributed by atoms with Gasteiger partial charge in [0.25, 0.3) is 0 Å². The van der Waals surface area contributed by atoms with Gasteiger partial charge in [0.05, 0.1) is 5.69 Å². The van der Waals surface area contributed by atoms with Crippen molar-refractivity contribution in [2.45, 2.75) is 6.92 Å². The van der Waals surface area contributed by atoms with Crippen molar-refractivity contribution in [2.75, 3.05) is 0 Å². The summed E-state index contributed by atoms with van der Waals surface area (Å²) in [4.78, 5) is 4.47. The number of nitrogens with zero attached hydrogens (tertiary/aromatic N) is 1. The molecule has 0 spiro atoms. The van der Waals surface area contributed by atoms with E-state index in [0.717, 1.165) is 27.6 Å². The van der Waals surface area contributed by atoms with Crippen molar-refractivity contribution in [3.63, 3.8) is 0 Å². The van der Waals surface area contributed by atoms with Gasteiger partial charge in [-0.25, -0.2) is 4.39 Å². The SMILES string of the molecule is C=Cc1cccc2c(-c3ccc(F)c(C)c3)nccc12. The summed E-state index contributed by atoms with van der Waals surface area (Å²) in [5.74, 6) is -0.194. The molecule has 1 heterocycles. The number of rotatable bonds is 2. The fourth-order valence-corrected chi connectivity index (χ4v) is 2.43. The highest BCUT2D eigenvalue weighted by atomic mass is 19.1. The quantitative estimate of drug-likeness (QED) is 0.634. The number of hydrogen-bond donors (Lipinski definition) is 0. The Morgan fingerprint density at radius 1 is 1.10 bits per heavy atom. The van der Waals surface area contributed by atoms with Crippen molar-refractivity contribution >= 4 is 16.8 Å². The van der Waals surface area contributed by atoms with E-state index in [1.165, 1.54) is 6.07 Å². The van der Waals surface area contributed by atoms with Crippen molar-refractivity contribution in [1.29, 1.82) is 0 Å². The van der Waals surface area contributed by atoms with Crippen molar-refractivity contribution < 1.29 is 4.39 Å². The molecule has 2 heteroatoms. The smallest absolute Gasteiger partial charge is 0.126 e. The van der Waals surface area contributed by atoms with Crippen LogP contribution >= 0.6 is 0 Å². The van der Waals surface area contributed by atoms with Crippen molar-refractivity contribution in [1.82, 2.24) is 4.98 Å². The summed E-state index contributed by atoms with van der Waals surface area (Å²) in [6.07, 6.45) is 3.62. The monoisotopic (exact) mass is 263 g/mol. The highest BCUT2D eigenvalue weighted by Crippen LogP contribution is 2.29. The van der Waals surface area contributed by atoms with E-state index >= 15 is 0 Å². The average Bonchev–Trinajstić information content (AvgIpc) is 2.49. The Balaban J connectivity index is 2.31. The molecule has 0 saturated heterocycles. The fraction of sp³-hybridized carbons (Fsp3) is 0.0556. The first-order chi connectivity index (χ1) is 9.70. The second-order valence-electron chi connectivity index (χ2n) is 4.77. The summed E-state index contributed by atoms with van der Waals surface area (Å²) in [5.41, 5.74) is 3.50. The average molecular weight is 263 g/mol. The second-order valence-corrected chi connectivity index (χ2v) is 4.77. The normalized spacial score (nSPS) is 10.7. The van der Waals surface area contributed by atoms with E-state index in [0.29, 0.717) is 5.56 Å². The van der Waals surface area contributed by atoms with Crippen LogP contribution < -0.4 is 0 Å². The van der Waals surface area contributed by atoms with E-state index < -0.39 is 0 Å². The van der Waals surface area contributed by atoms with Gasteiger partial charge in [-0.3, -0.25) is 4.98 Å². The Morgan fingerprint density at radius 3 is 2.70 bits per heavy atom. The maximum atomic E-state index is 13.4. The molecule has 0 aliphatic heterocycles. The van der Waals surface area contributed by atoms with Gasteiger partial charge in [-0.1, -0.05) is 30.9 Å². The van der Waals surface area contributed by atoms with Crippen LogP contribution in [0.15, 0.2) is 55.2 Å². The first kappa shape index (κ1) is 12.5. The Kier molecular flexibility index (Phi) is 3.07. The summed E-state index contributed by atoms with van der Waals surface area (Å²) in [7, 11) is 0. The molecule has 20 heavy (non-hydrogen) atoms. The summed E-state index contributed by atoms with van der Waals surface area (Å²) in [6, 6.07) is 13.1. The lowest BCUT2D eigenvalue weighted by molar-refractivity contribution is 0.619. The molecule has 0 saturated carbocycles. The lowest BCUT2D eigenvalue weighted by Crippen LogP contribution is -1.90. The molecule has 3 aromatic rings. The molecule has 0 atom stereocenters. The fourth-order valence-electron chi connectivity index (χ4n) is 2.43. The summed E-state index contributed by atoms with van der Waals surface area (Å²) in [5, 5.41) is 2.16. The highest BCUT2D eigenvalue weighted by Gasteiger charge is 2.08. The highest BCUT2D eigenvalue weighted by molar-refractivity contribution is 5.98. The van der Waals surface area contributed by atoms with Gasteiger partial charge in [0.15, 0.2) is 0 Å². The standard InChI is InChI=1S/C18H14FN/c1-3-13-5-4-6-16-15(13)9-10-20-18(16)14-7-8-17(19)12(2)11-14/h3-11H,1H2,2H3. The van der Waals surface area contributed by atoms with Crippen LogP contribution in [0.1, 0.15) is 11.1 Å². The minimum absolute atomic E-state index is 0.194. The predicted octanol–water partition coefficient (Wildman–Crippen LogP) is 4.99. The van der Waals surface area contributed by atoms with Crippen LogP contribution in [0.2, 0.25) is 0 Å². The van der Waals surface area contributed by atoms with E-state index in [4.69, 9.17) is 0 Å². The lowest BCUT2D eigenvalue weighted by atomic mass is 9.99. The van der Waals surface area contributed by atoms with Gasteiger partial charge >= 0.3 is 0 Å². The van der Waals surface area contributed by atoms with Crippen LogP contribution in [-0.4, -0.2) is 4.98 Å². The number of pyridine rings is 1. The molecule has 0 aliphatic carbocycles. The van der Waals surface area contributed by atoms with E-state index in [9.17, 15) is 4.39 Å². The minimum atomic E-state index is -0.194. The molecule has 0 fully saturated rings. The molecule has 0 unspecified atom stereocenters. The number of halogens is 1. The van der Waals surface area contributed by atoms with Gasteiger partial charge in [-0.2, -0.15) is 0 Å². The number of aromatic nitrogens is 1. The van der Waals surface area contributed by atoms with Gasteiger partial charge in [0.2, 0.25) is 0 Å². The van der Waals surface area contributed by atoms with Gasteiger partial charge < -0.3 is 0 Å². The van der Waals surface area contributed by atoms with Crippen molar-refractivity contribution in [2.24, 2.45) is 0 Å². The summed E-state index contributed by atoms with van der Waals surface area (Å²) < 4.78 is 13.4. The molecule has 1 nitrogen and oxygen atoms in total. The third-order valence-electron chi connectivity index (χ3n) is 3.49. The third kappa shape index (κ3) is 1.99. The topological polar surface area (TPSA) is 12.9 Å². The van der Waals surface area contributed by atoms with E-state index in [-0.39, 0.29) is 5.82 Å². The third-order valence-corrected chi connectivity index (χ3v) is 3.49. The van der Waals surface area contributed by atoms with E-state index in [1.54, 1.807) is 19.2 Å². The zero-order valence-electron chi connectivity index (χ0n) is 11.2. The molecule has 0 N–H and O–H groups in total. The Bertz CT molecular complexity index is 806. The molecular weight excluding hydrogens is 249 g/mol. The maximum Gasteiger partial charge on any atom is 0.126 e. The summed E-state index contributed by atoms with van der Waals surface area (Å²) in [6.45, 7) is 5.60. The number of hydrogen-bond acceptors (Lipinski definition) is 1. The number of benzene rings is 2. The first-order valence-electron chi connectivity index (χ1n) is 6.47. The van der Waals surface area contributed by atoms with E-state index in [1.807, 2.05) is 36.4 Å². The van der Waals surface area contributed by atoms with Crippen LogP contribution in [0.3, 0.4) is 0 Å². The molecule has 0 aliphatic rings. The summed E-state index contributed by atoms with van der Waals surface area (Å²) >= 11 is 0. The molecule has 2 aromatic carbocycles. The number of fused-ring (bicyclic) bond motifs is 1. The molecule has 3 rings (SSSR count). The van der Waals surface area contributed by atoms with Crippen LogP contribution in [0.4, 0.5) is 4.39 Å². The van der Waals surface area contributed by atoms with Gasteiger partial charge in [-0.05, 0) is 47.7 Å². The van der Waals surface area contributed by atoms with Crippen LogP contribution in [0.5, 0.6) is 0 Å². The van der Waals surface area contributed by atoms with Crippen molar-refractivity contribution in [3.8, 4) is 11.3 Å². The van der Waals surface area contributed by atoms with E-state index in [2.05, 4.69) is 11.6 Å². The maximum absolute atomic E-state index is 13.4. The van der Waals surface area contributed by atoms with Crippen molar-refractivity contribution in [3.05, 3.63) is 72.2 Å². The first-order valence-corrected chi connectivity index (χ1v) is 6.47. The van der Waals surface area contributed by atoms with Crippen LogP contribution in [0, 0.1) is 12.7 Å². The van der Waals surface area contributed by atoms with Gasteiger partial charge in [0.1, 0.15) is 5.82 Å². The number of aryl methyl sites for hydroxylation is 1. The Morgan fingerprint density at radius 2 is 1.95 bits per heavy atom. The van der Waals surface area contributed by atoms with Crippen LogP contribution in [0.25, 0.3) is 28.1 Å². The largest absolute Gasteiger partial charge is 0.256 e.